The second-order valence-corrected chi connectivity index (χ2v) is 13.5. The van der Waals surface area contributed by atoms with Crippen molar-refractivity contribution in [2.45, 2.75) is 115 Å². The topological polar surface area (TPSA) is 59.1 Å². The number of carbonyl (C=O) groups is 2. The van der Waals surface area contributed by atoms with Gasteiger partial charge in [-0.3, -0.25) is 19.4 Å². The van der Waals surface area contributed by atoms with E-state index < -0.39 is 0 Å². The zero-order valence-corrected chi connectivity index (χ0v) is 25.9. The zero-order valence-electron chi connectivity index (χ0n) is 25.9. The summed E-state index contributed by atoms with van der Waals surface area (Å²) in [5, 5.41) is 0. The molecule has 2 aromatic rings. The van der Waals surface area contributed by atoms with Crippen molar-refractivity contribution in [2.24, 2.45) is 5.92 Å². The number of ether oxygens (including phenoxy) is 2. The van der Waals surface area contributed by atoms with E-state index in [1.165, 1.54) is 49.3 Å². The highest BCUT2D eigenvalue weighted by Gasteiger charge is 2.66. The first kappa shape index (κ1) is 29.4. The van der Waals surface area contributed by atoms with Crippen LogP contribution in [0.4, 0.5) is 0 Å². The van der Waals surface area contributed by atoms with Crippen LogP contribution in [0, 0.1) is 5.92 Å². The fourth-order valence-electron chi connectivity index (χ4n) is 9.07. The molecular formula is C36H48N2O4. The Balaban J connectivity index is 1.23. The summed E-state index contributed by atoms with van der Waals surface area (Å²) in [6.45, 7) is 10.4. The Bertz CT molecular complexity index is 1290. The number of hydrogen-bond acceptors (Lipinski definition) is 6. The number of hydrogen-bond donors (Lipinski definition) is 0. The Labute approximate surface area is 251 Å². The van der Waals surface area contributed by atoms with Gasteiger partial charge in [0.1, 0.15) is 11.9 Å². The molecule has 42 heavy (non-hydrogen) atoms. The molecule has 2 aromatic carbocycles. The number of unbranched alkanes of at least 4 members (excludes halogenated alkanes) is 3. The van der Waals surface area contributed by atoms with Crippen molar-refractivity contribution in [3.8, 4) is 11.5 Å². The lowest BCUT2D eigenvalue weighted by Gasteiger charge is -2.60. The highest BCUT2D eigenvalue weighted by molar-refractivity contribution is 5.78. The van der Waals surface area contributed by atoms with Gasteiger partial charge in [-0.2, -0.15) is 0 Å². The minimum Gasteiger partial charge on any atom is -0.484 e. The molecule has 226 valence electrons. The van der Waals surface area contributed by atoms with Crippen molar-refractivity contribution in [1.82, 2.24) is 9.80 Å². The molecule has 6 rings (SSSR count). The molecule has 1 saturated heterocycles. The third kappa shape index (κ3) is 5.30. The summed E-state index contributed by atoms with van der Waals surface area (Å²) in [6.07, 6.45) is 10.3. The van der Waals surface area contributed by atoms with Crippen molar-refractivity contribution in [2.75, 3.05) is 19.6 Å². The largest absolute Gasteiger partial charge is 0.484 e. The number of esters is 1. The highest BCUT2D eigenvalue weighted by atomic mass is 16.6. The number of rotatable bonds is 12. The summed E-state index contributed by atoms with van der Waals surface area (Å²) < 4.78 is 12.8. The van der Waals surface area contributed by atoms with Gasteiger partial charge >= 0.3 is 5.97 Å². The Kier molecular flexibility index (Phi) is 8.48. The van der Waals surface area contributed by atoms with Crippen LogP contribution in [0.5, 0.6) is 11.5 Å². The minimum atomic E-state index is -0.309. The van der Waals surface area contributed by atoms with Crippen molar-refractivity contribution in [1.29, 1.82) is 0 Å². The molecule has 0 amide bonds. The molecule has 2 bridgehead atoms. The summed E-state index contributed by atoms with van der Waals surface area (Å²) in [5.74, 6) is 1.76. The molecule has 2 aliphatic carbocycles. The monoisotopic (exact) mass is 572 g/mol. The second kappa shape index (κ2) is 12.1. The number of nitrogens with zero attached hydrogens (tertiary/aromatic N) is 2. The van der Waals surface area contributed by atoms with Crippen molar-refractivity contribution in [3.05, 3.63) is 59.2 Å². The SMILES string of the molecule is CC(=O)CN1CC[C@]23c4c5ccc(OC(C)=O)c4O[C@H]2[C@H](N(CCCCCCc2ccccc2)C(C)C)CC[C@H]3[C@H]1C5. The van der Waals surface area contributed by atoms with E-state index >= 15 is 0 Å². The van der Waals surface area contributed by atoms with Crippen molar-refractivity contribution in [3.63, 3.8) is 0 Å². The summed E-state index contributed by atoms with van der Waals surface area (Å²) >= 11 is 0. The minimum absolute atomic E-state index is 0.0319. The Morgan fingerprint density at radius 2 is 1.83 bits per heavy atom. The molecule has 0 radical (unpaired) electrons. The number of Topliss-reactive ketones (excluding diaryl/α,β-unsaturated/α-hetero) is 1. The number of likely N-dealkylation sites (tertiary alicyclic amines) is 1. The third-order valence-corrected chi connectivity index (χ3v) is 10.6. The number of carbonyl (C=O) groups excluding carboxylic acids is 2. The lowest BCUT2D eigenvalue weighted by molar-refractivity contribution is -0.132. The molecule has 6 nitrogen and oxygen atoms in total. The van der Waals surface area contributed by atoms with Gasteiger partial charge in [0.2, 0.25) is 0 Å². The van der Waals surface area contributed by atoms with Crippen LogP contribution in [-0.2, 0) is 27.8 Å². The maximum atomic E-state index is 12.2. The van der Waals surface area contributed by atoms with E-state index in [1.54, 1.807) is 6.92 Å². The van der Waals surface area contributed by atoms with Crippen LogP contribution in [0.1, 0.15) is 89.3 Å². The van der Waals surface area contributed by atoms with Crippen LogP contribution in [0.25, 0.3) is 0 Å². The second-order valence-electron chi connectivity index (χ2n) is 13.5. The van der Waals surface area contributed by atoms with E-state index in [9.17, 15) is 9.59 Å². The molecule has 1 spiro atoms. The van der Waals surface area contributed by atoms with Crippen LogP contribution < -0.4 is 9.47 Å². The zero-order chi connectivity index (χ0) is 29.4. The normalized spacial score (nSPS) is 27.6. The van der Waals surface area contributed by atoms with Gasteiger partial charge in [0, 0.05) is 36.0 Å². The lowest BCUT2D eigenvalue weighted by atomic mass is 9.51. The molecule has 2 heterocycles. The maximum Gasteiger partial charge on any atom is 0.308 e. The van der Waals surface area contributed by atoms with E-state index in [0.29, 0.717) is 36.3 Å². The van der Waals surface area contributed by atoms with Gasteiger partial charge in [0.25, 0.3) is 0 Å². The number of benzene rings is 2. The van der Waals surface area contributed by atoms with Crippen LogP contribution in [0.3, 0.4) is 0 Å². The molecule has 4 aliphatic rings. The Morgan fingerprint density at radius 3 is 2.57 bits per heavy atom. The lowest BCUT2D eigenvalue weighted by Crippen LogP contribution is -2.69. The molecule has 2 aliphatic heterocycles. The van der Waals surface area contributed by atoms with Crippen LogP contribution in [-0.4, -0.2) is 65.4 Å². The van der Waals surface area contributed by atoms with Gasteiger partial charge in [-0.25, -0.2) is 0 Å². The first-order valence-corrected chi connectivity index (χ1v) is 16.3. The van der Waals surface area contributed by atoms with Crippen LogP contribution >= 0.6 is 0 Å². The molecule has 1 saturated carbocycles. The molecular weight excluding hydrogens is 524 g/mol. The van der Waals surface area contributed by atoms with Crippen molar-refractivity contribution < 1.29 is 19.1 Å². The quantitative estimate of drug-likeness (QED) is 0.173. The third-order valence-electron chi connectivity index (χ3n) is 10.6. The predicted molar refractivity (Wildman–Crippen MR) is 165 cm³/mol. The number of ketones is 1. The average molecular weight is 573 g/mol. The van der Waals surface area contributed by atoms with Gasteiger partial charge in [0.15, 0.2) is 11.5 Å². The molecule has 2 fully saturated rings. The standard InChI is InChI=1S/C36H48N2O4/c1-24(2)38(20-11-6-5-8-12-27-13-9-7-10-14-27)30-17-16-29-31-22-28-15-18-32(41-26(4)40)34-33(28)36(29,35(30)42-34)19-21-37(31)23-25(3)39/h7,9-10,13-15,18,24,29-31,35H,5-6,8,11-12,16-17,19-23H2,1-4H3/t29-,30+,31+,35-,36-/m0/s1. The first-order valence-electron chi connectivity index (χ1n) is 16.3. The Morgan fingerprint density at radius 1 is 1.05 bits per heavy atom. The van der Waals surface area contributed by atoms with E-state index in [0.717, 1.165) is 50.9 Å². The molecule has 6 heteroatoms. The summed E-state index contributed by atoms with van der Waals surface area (Å²) in [6, 6.07) is 16.0. The summed E-state index contributed by atoms with van der Waals surface area (Å²) in [5.41, 5.74) is 3.96. The van der Waals surface area contributed by atoms with Gasteiger partial charge < -0.3 is 9.47 Å². The summed E-state index contributed by atoms with van der Waals surface area (Å²) in [4.78, 5) is 29.5. The van der Waals surface area contributed by atoms with Crippen LogP contribution in [0.2, 0.25) is 0 Å². The number of piperidine rings is 1. The highest BCUT2D eigenvalue weighted by Crippen LogP contribution is 2.64. The van der Waals surface area contributed by atoms with Gasteiger partial charge in [-0.05, 0) is 102 Å². The fraction of sp³-hybridized carbons (Fsp3) is 0.611. The molecule has 0 unspecified atom stereocenters. The van der Waals surface area contributed by atoms with E-state index in [4.69, 9.17) is 9.47 Å². The molecule has 0 N–H and O–H groups in total. The van der Waals surface area contributed by atoms with Crippen molar-refractivity contribution >= 4 is 11.8 Å². The van der Waals surface area contributed by atoms with E-state index in [2.05, 4.69) is 60.0 Å². The summed E-state index contributed by atoms with van der Waals surface area (Å²) in [7, 11) is 0. The average Bonchev–Trinajstić information content (AvgIpc) is 3.30. The Hall–Kier alpha value is -2.70. The van der Waals surface area contributed by atoms with Gasteiger partial charge in [-0.15, -0.1) is 0 Å². The maximum absolute atomic E-state index is 12.2. The number of aryl methyl sites for hydroxylation is 1. The molecule has 0 aromatic heterocycles. The first-order chi connectivity index (χ1) is 20.3. The van der Waals surface area contributed by atoms with Crippen LogP contribution in [0.15, 0.2) is 42.5 Å². The van der Waals surface area contributed by atoms with Gasteiger partial charge in [0.05, 0.1) is 6.54 Å². The van der Waals surface area contributed by atoms with E-state index in [-0.39, 0.29) is 23.3 Å². The fourth-order valence-corrected chi connectivity index (χ4v) is 9.07. The van der Waals surface area contributed by atoms with E-state index in [1.807, 2.05) is 6.07 Å². The van der Waals surface area contributed by atoms with Gasteiger partial charge in [-0.1, -0.05) is 49.2 Å². The smallest absolute Gasteiger partial charge is 0.308 e. The molecule has 5 atom stereocenters. The predicted octanol–water partition coefficient (Wildman–Crippen LogP) is 6.12.